The van der Waals surface area contributed by atoms with Gasteiger partial charge in [0.2, 0.25) is 12.7 Å². The van der Waals surface area contributed by atoms with E-state index >= 15 is 0 Å². The lowest BCUT2D eigenvalue weighted by molar-refractivity contribution is 0.0174. The number of ether oxygens (including phenoxy) is 2. The molecule has 4 rings (SSSR count). The molecule has 0 aliphatic carbocycles. The summed E-state index contributed by atoms with van der Waals surface area (Å²) >= 11 is 5.39. The fraction of sp³-hybridized carbons (Fsp3) is 0.333. The van der Waals surface area contributed by atoms with Crippen molar-refractivity contribution in [3.05, 3.63) is 41.7 Å². The molecule has 2 aliphatic rings. The van der Waals surface area contributed by atoms with Crippen molar-refractivity contribution < 1.29 is 24.3 Å². The van der Waals surface area contributed by atoms with Crippen molar-refractivity contribution in [3.8, 4) is 11.5 Å². The molecular formula is C18H21N5O5S. The van der Waals surface area contributed by atoms with Gasteiger partial charge < -0.3 is 18.8 Å². The standard InChI is InChI=1S/C18H21N5O5S/c24-23(25)17-4-2-14(28-17)10-19-20-18(29)22-7-5-21(6-8-22)11-13-1-3-15-16(9-13)27-12-26-15/h1-4,9-10,24-25H,5-8,11-12H2,(H,20,29)/b19-10+. The topological polar surface area (TPSA) is 106 Å². The Bertz CT molecular complexity index is 895. The van der Waals surface area contributed by atoms with Crippen LogP contribution < -0.4 is 20.1 Å². The first-order chi connectivity index (χ1) is 14.1. The van der Waals surface area contributed by atoms with E-state index < -0.39 is 0 Å². The van der Waals surface area contributed by atoms with Gasteiger partial charge in [0.25, 0.3) is 0 Å². The van der Waals surface area contributed by atoms with E-state index in [0.29, 0.717) is 10.9 Å². The fourth-order valence-electron chi connectivity index (χ4n) is 3.15. The Balaban J connectivity index is 1.22. The normalized spacial score (nSPS) is 16.4. The third kappa shape index (κ3) is 4.77. The lowest BCUT2D eigenvalue weighted by Gasteiger charge is -2.35. The molecule has 2 aromatic rings. The van der Waals surface area contributed by atoms with Gasteiger partial charge in [-0.2, -0.15) is 5.10 Å². The van der Waals surface area contributed by atoms with Crippen LogP contribution in [0.25, 0.3) is 0 Å². The van der Waals surface area contributed by atoms with Crippen LogP contribution >= 0.6 is 12.2 Å². The monoisotopic (exact) mass is 419 g/mol. The van der Waals surface area contributed by atoms with Crippen molar-refractivity contribution >= 4 is 29.4 Å². The number of rotatable bonds is 5. The van der Waals surface area contributed by atoms with Crippen molar-refractivity contribution in [2.45, 2.75) is 6.54 Å². The number of benzene rings is 1. The molecule has 1 fully saturated rings. The second kappa shape index (κ2) is 8.66. The first-order valence-electron chi connectivity index (χ1n) is 9.05. The lowest BCUT2D eigenvalue weighted by atomic mass is 10.1. The van der Waals surface area contributed by atoms with Crippen molar-refractivity contribution in [3.63, 3.8) is 0 Å². The molecule has 2 aliphatic heterocycles. The predicted octanol–water partition coefficient (Wildman–Crippen LogP) is 1.62. The minimum absolute atomic E-state index is 0.0987. The lowest BCUT2D eigenvalue weighted by Crippen LogP contribution is -2.50. The van der Waals surface area contributed by atoms with E-state index in [0.717, 1.165) is 44.2 Å². The summed E-state index contributed by atoms with van der Waals surface area (Å²) in [5, 5.41) is 22.2. The molecule has 0 atom stereocenters. The van der Waals surface area contributed by atoms with Gasteiger partial charge in [0.1, 0.15) is 5.76 Å². The van der Waals surface area contributed by atoms with E-state index in [1.54, 1.807) is 6.07 Å². The number of hydrogen-bond donors (Lipinski definition) is 3. The minimum Gasteiger partial charge on any atom is -0.454 e. The molecule has 1 saturated heterocycles. The summed E-state index contributed by atoms with van der Waals surface area (Å²) in [7, 11) is 0. The Morgan fingerprint density at radius 2 is 1.93 bits per heavy atom. The van der Waals surface area contributed by atoms with Crippen LogP contribution in [0.3, 0.4) is 0 Å². The summed E-state index contributed by atoms with van der Waals surface area (Å²) in [5.41, 5.74) is 4.00. The Morgan fingerprint density at radius 3 is 2.69 bits per heavy atom. The van der Waals surface area contributed by atoms with Crippen LogP contribution in [0.4, 0.5) is 5.88 Å². The van der Waals surface area contributed by atoms with E-state index in [9.17, 15) is 0 Å². The third-order valence-electron chi connectivity index (χ3n) is 4.66. The highest BCUT2D eigenvalue weighted by atomic mass is 32.1. The number of thiocarbonyl (C=S) groups is 1. The summed E-state index contributed by atoms with van der Waals surface area (Å²) in [6.45, 7) is 4.47. The zero-order valence-corrected chi connectivity index (χ0v) is 16.3. The first kappa shape index (κ1) is 19.5. The Hall–Kier alpha value is -2.86. The van der Waals surface area contributed by atoms with Gasteiger partial charge in [0.15, 0.2) is 16.6 Å². The molecule has 0 amide bonds. The van der Waals surface area contributed by atoms with Crippen molar-refractivity contribution in [1.82, 2.24) is 15.2 Å². The molecule has 0 bridgehead atoms. The Labute approximate surface area is 172 Å². The van der Waals surface area contributed by atoms with Gasteiger partial charge in [-0.25, -0.2) is 0 Å². The Morgan fingerprint density at radius 1 is 1.14 bits per heavy atom. The molecule has 3 N–H and O–H groups in total. The number of anilines is 1. The number of piperazine rings is 1. The highest BCUT2D eigenvalue weighted by molar-refractivity contribution is 7.80. The van der Waals surface area contributed by atoms with Crippen molar-refractivity contribution in [2.24, 2.45) is 5.10 Å². The van der Waals surface area contributed by atoms with E-state index in [2.05, 4.69) is 26.4 Å². The molecule has 1 aromatic carbocycles. The minimum atomic E-state index is -0.104. The van der Waals surface area contributed by atoms with E-state index in [1.165, 1.54) is 17.8 Å². The smallest absolute Gasteiger partial charge is 0.247 e. The number of hydrogen-bond acceptors (Lipinski definition) is 9. The summed E-state index contributed by atoms with van der Waals surface area (Å²) in [5.74, 6) is 1.86. The van der Waals surface area contributed by atoms with Crippen LogP contribution in [0.5, 0.6) is 11.5 Å². The highest BCUT2D eigenvalue weighted by Crippen LogP contribution is 2.32. The van der Waals surface area contributed by atoms with Crippen molar-refractivity contribution in [2.75, 3.05) is 38.2 Å². The Kier molecular flexibility index (Phi) is 5.81. The second-order valence-electron chi connectivity index (χ2n) is 6.59. The largest absolute Gasteiger partial charge is 0.454 e. The summed E-state index contributed by atoms with van der Waals surface area (Å²) in [6, 6.07) is 9.00. The van der Waals surface area contributed by atoms with Crippen LogP contribution in [0.1, 0.15) is 11.3 Å². The average molecular weight is 419 g/mol. The van der Waals surface area contributed by atoms with Gasteiger partial charge in [0.05, 0.1) is 6.21 Å². The van der Waals surface area contributed by atoms with Crippen molar-refractivity contribution in [1.29, 1.82) is 0 Å². The van der Waals surface area contributed by atoms with Gasteiger partial charge >= 0.3 is 0 Å². The van der Waals surface area contributed by atoms with Gasteiger partial charge in [-0.05, 0) is 36.0 Å². The third-order valence-corrected chi connectivity index (χ3v) is 5.01. The number of nitrogens with one attached hydrogen (secondary N) is 1. The second-order valence-corrected chi connectivity index (χ2v) is 6.98. The molecule has 154 valence electrons. The van der Waals surface area contributed by atoms with Crippen LogP contribution in [-0.4, -0.2) is 64.5 Å². The van der Waals surface area contributed by atoms with Gasteiger partial charge in [0, 0.05) is 38.8 Å². The van der Waals surface area contributed by atoms with Gasteiger partial charge in [-0.15, -0.1) is 0 Å². The summed E-state index contributed by atoms with van der Waals surface area (Å²) in [4.78, 5) is 4.42. The van der Waals surface area contributed by atoms with Gasteiger partial charge in [-0.1, -0.05) is 11.3 Å². The zero-order chi connectivity index (χ0) is 20.2. The fourth-order valence-corrected chi connectivity index (χ4v) is 3.38. The molecule has 0 spiro atoms. The maximum atomic E-state index is 8.87. The highest BCUT2D eigenvalue weighted by Gasteiger charge is 2.20. The SMILES string of the molecule is ON(O)c1ccc(/C=N/NC(=S)N2CCN(Cc3ccc4c(c3)OCO4)CC2)o1. The molecule has 0 radical (unpaired) electrons. The molecule has 10 nitrogen and oxygen atoms in total. The number of hydrazone groups is 1. The summed E-state index contributed by atoms with van der Waals surface area (Å²) < 4.78 is 15.9. The maximum absolute atomic E-state index is 8.87. The van der Waals surface area contributed by atoms with E-state index in [1.807, 2.05) is 12.1 Å². The summed E-state index contributed by atoms with van der Waals surface area (Å²) in [6.07, 6.45) is 1.41. The molecule has 3 heterocycles. The van der Waals surface area contributed by atoms with Crippen LogP contribution in [0.2, 0.25) is 0 Å². The predicted molar refractivity (Wildman–Crippen MR) is 108 cm³/mol. The molecule has 1 aromatic heterocycles. The molecule has 29 heavy (non-hydrogen) atoms. The zero-order valence-electron chi connectivity index (χ0n) is 15.5. The molecular weight excluding hydrogens is 398 g/mol. The molecule has 0 unspecified atom stereocenters. The van der Waals surface area contributed by atoms with Crippen LogP contribution in [0.15, 0.2) is 39.9 Å². The molecule has 0 saturated carbocycles. The van der Waals surface area contributed by atoms with E-state index in [-0.39, 0.29) is 17.9 Å². The van der Waals surface area contributed by atoms with E-state index in [4.69, 9.17) is 36.5 Å². The maximum Gasteiger partial charge on any atom is 0.247 e. The quantitative estimate of drug-likeness (QED) is 0.376. The molecule has 11 heteroatoms. The van der Waals surface area contributed by atoms with Crippen LogP contribution in [0, 0.1) is 0 Å². The van der Waals surface area contributed by atoms with Crippen LogP contribution in [-0.2, 0) is 6.54 Å². The number of fused-ring (bicyclic) bond motifs is 1. The average Bonchev–Trinajstić information content (AvgIpc) is 3.37. The van der Waals surface area contributed by atoms with Gasteiger partial charge in [-0.3, -0.25) is 20.7 Å². The number of nitrogens with zero attached hydrogens (tertiary/aromatic N) is 4. The first-order valence-corrected chi connectivity index (χ1v) is 9.46. The number of furan rings is 1.